The summed E-state index contributed by atoms with van der Waals surface area (Å²) in [5, 5.41) is 0. The zero-order chi connectivity index (χ0) is 19.3. The number of hydrogen-bond acceptors (Lipinski definition) is 6. The summed E-state index contributed by atoms with van der Waals surface area (Å²) < 4.78 is 39.3. The second kappa shape index (κ2) is 7.16. The molecule has 0 saturated carbocycles. The van der Waals surface area contributed by atoms with Crippen LogP contribution >= 0.6 is 0 Å². The Bertz CT molecular complexity index is 859. The Morgan fingerprint density at radius 2 is 2.11 bits per heavy atom. The predicted octanol–water partition coefficient (Wildman–Crippen LogP) is 1.48. The summed E-state index contributed by atoms with van der Waals surface area (Å²) in [6.45, 7) is 3.31. The first kappa shape index (κ1) is 18.7. The largest absolute Gasteiger partial charge is 0.454 e. The smallest absolute Gasteiger partial charge is 0.231 e. The van der Waals surface area contributed by atoms with Gasteiger partial charge in [-0.1, -0.05) is 6.07 Å². The maximum absolute atomic E-state index is 13.0. The van der Waals surface area contributed by atoms with Gasteiger partial charge in [-0.3, -0.25) is 4.90 Å². The number of nitrogens with zero attached hydrogens (tertiary/aromatic N) is 2. The van der Waals surface area contributed by atoms with Crippen LogP contribution in [0.5, 0.6) is 11.5 Å². The first-order valence-corrected chi connectivity index (χ1v) is 12.0. The van der Waals surface area contributed by atoms with Gasteiger partial charge in [0, 0.05) is 37.3 Å². The Morgan fingerprint density at radius 1 is 1.21 bits per heavy atom. The zero-order valence-electron chi connectivity index (χ0n) is 16.2. The van der Waals surface area contributed by atoms with E-state index in [2.05, 4.69) is 11.0 Å². The third-order valence-corrected chi connectivity index (χ3v) is 8.85. The molecule has 2 N–H and O–H groups in total. The van der Waals surface area contributed by atoms with Gasteiger partial charge in [0.05, 0.1) is 5.75 Å². The molecule has 2 fully saturated rings. The molecule has 0 unspecified atom stereocenters. The van der Waals surface area contributed by atoms with E-state index >= 15 is 0 Å². The van der Waals surface area contributed by atoms with Crippen molar-refractivity contribution in [1.29, 1.82) is 0 Å². The van der Waals surface area contributed by atoms with Crippen LogP contribution < -0.4 is 15.2 Å². The molecule has 0 bridgehead atoms. The summed E-state index contributed by atoms with van der Waals surface area (Å²) in [5.41, 5.74) is 8.12. The summed E-state index contributed by atoms with van der Waals surface area (Å²) in [5.74, 6) is 2.26. The van der Waals surface area contributed by atoms with E-state index in [9.17, 15) is 8.42 Å². The minimum Gasteiger partial charge on any atom is -0.454 e. The molecule has 8 heteroatoms. The van der Waals surface area contributed by atoms with Gasteiger partial charge in [0.2, 0.25) is 16.8 Å². The van der Waals surface area contributed by atoms with Gasteiger partial charge in [-0.2, -0.15) is 4.31 Å². The van der Waals surface area contributed by atoms with Crippen LogP contribution in [0.1, 0.15) is 42.9 Å². The molecule has 4 aliphatic heterocycles. The number of rotatable bonds is 4. The van der Waals surface area contributed by atoms with Gasteiger partial charge in [-0.25, -0.2) is 8.42 Å². The quantitative estimate of drug-likeness (QED) is 0.814. The molecule has 7 nitrogen and oxygen atoms in total. The lowest BCUT2D eigenvalue weighted by molar-refractivity contribution is 0.0209. The topological polar surface area (TPSA) is 85.1 Å². The number of nitrogens with two attached hydrogens (primary N) is 1. The van der Waals surface area contributed by atoms with Gasteiger partial charge >= 0.3 is 0 Å². The van der Waals surface area contributed by atoms with Crippen LogP contribution in [-0.2, 0) is 16.4 Å². The highest BCUT2D eigenvalue weighted by atomic mass is 32.2. The average molecular weight is 408 g/mol. The van der Waals surface area contributed by atoms with E-state index in [1.807, 2.05) is 10.4 Å². The molecule has 0 amide bonds. The van der Waals surface area contributed by atoms with Gasteiger partial charge in [0.1, 0.15) is 0 Å². The fourth-order valence-electron chi connectivity index (χ4n) is 5.59. The zero-order valence-corrected chi connectivity index (χ0v) is 17.0. The Morgan fingerprint density at radius 3 is 2.96 bits per heavy atom. The fourth-order valence-corrected chi connectivity index (χ4v) is 7.43. The molecule has 0 spiro atoms. The lowest BCUT2D eigenvalue weighted by Gasteiger charge is -2.51. The number of sulfonamides is 1. The molecule has 4 aliphatic rings. The number of hydrogen-bond donors (Lipinski definition) is 1. The standard InChI is InChI=1S/C20H29N3O4S/c21-7-2-10-28(24,25)23-8-1-3-15-12-22-9-6-14-4-5-18-20(27-13-26-18)19(14)17(22)11-16(15)23/h4-5,15-17H,1-3,6-13,21H2/t15-,16+,17+/m1/s1. The molecular weight excluding hydrogens is 378 g/mol. The van der Waals surface area contributed by atoms with Crippen LogP contribution in [0.4, 0.5) is 0 Å². The van der Waals surface area contributed by atoms with Crippen molar-refractivity contribution in [2.75, 3.05) is 38.7 Å². The highest BCUT2D eigenvalue weighted by Gasteiger charge is 2.47. The van der Waals surface area contributed by atoms with Crippen molar-refractivity contribution in [1.82, 2.24) is 9.21 Å². The molecular formula is C20H29N3O4S. The highest BCUT2D eigenvalue weighted by Crippen LogP contribution is 2.50. The van der Waals surface area contributed by atoms with Crippen LogP contribution in [-0.4, -0.2) is 62.4 Å². The molecule has 3 atom stereocenters. The number of benzene rings is 1. The van der Waals surface area contributed by atoms with Crippen molar-refractivity contribution in [2.45, 2.75) is 44.2 Å². The van der Waals surface area contributed by atoms with Gasteiger partial charge in [-0.05, 0) is 56.2 Å². The second-order valence-electron chi connectivity index (χ2n) is 8.41. The van der Waals surface area contributed by atoms with Crippen molar-refractivity contribution in [3.63, 3.8) is 0 Å². The average Bonchev–Trinajstić information content (AvgIpc) is 3.19. The van der Waals surface area contributed by atoms with E-state index in [-0.39, 0.29) is 24.6 Å². The normalized spacial score (nSPS) is 29.8. The first-order valence-electron chi connectivity index (χ1n) is 10.4. The molecule has 0 aromatic heterocycles. The lowest BCUT2D eigenvalue weighted by Crippen LogP contribution is -2.57. The van der Waals surface area contributed by atoms with Crippen LogP contribution in [0, 0.1) is 5.92 Å². The Labute approximate surface area is 166 Å². The summed E-state index contributed by atoms with van der Waals surface area (Å²) >= 11 is 0. The first-order chi connectivity index (χ1) is 13.6. The molecule has 1 aromatic carbocycles. The van der Waals surface area contributed by atoms with Gasteiger partial charge in [0.25, 0.3) is 0 Å². The summed E-state index contributed by atoms with van der Waals surface area (Å²) in [6, 6.07) is 4.43. The second-order valence-corrected chi connectivity index (χ2v) is 10.4. The van der Waals surface area contributed by atoms with Crippen molar-refractivity contribution in [3.8, 4) is 11.5 Å². The number of piperidine rings is 2. The Hall–Kier alpha value is -1.35. The van der Waals surface area contributed by atoms with Crippen LogP contribution in [0.15, 0.2) is 12.1 Å². The van der Waals surface area contributed by atoms with Crippen molar-refractivity contribution < 1.29 is 17.9 Å². The molecule has 5 rings (SSSR count). The van der Waals surface area contributed by atoms with Gasteiger partial charge in [0.15, 0.2) is 11.5 Å². The maximum atomic E-state index is 13.0. The van der Waals surface area contributed by atoms with Crippen LogP contribution in [0.2, 0.25) is 0 Å². The lowest BCUT2D eigenvalue weighted by atomic mass is 9.77. The van der Waals surface area contributed by atoms with E-state index in [1.165, 1.54) is 11.1 Å². The Balaban J connectivity index is 1.48. The third-order valence-electron chi connectivity index (χ3n) is 6.88. The minimum absolute atomic E-state index is 0.0712. The number of fused-ring (bicyclic) bond motifs is 6. The highest BCUT2D eigenvalue weighted by molar-refractivity contribution is 7.89. The fraction of sp³-hybridized carbons (Fsp3) is 0.700. The predicted molar refractivity (Wildman–Crippen MR) is 106 cm³/mol. The molecule has 1 aromatic rings. The van der Waals surface area contributed by atoms with Crippen molar-refractivity contribution in [3.05, 3.63) is 23.3 Å². The summed E-state index contributed by atoms with van der Waals surface area (Å²) in [7, 11) is -3.26. The molecule has 0 aliphatic carbocycles. The summed E-state index contributed by atoms with van der Waals surface area (Å²) in [6.07, 6.45) is 4.42. The van der Waals surface area contributed by atoms with Crippen molar-refractivity contribution in [2.24, 2.45) is 11.7 Å². The third kappa shape index (κ3) is 3.01. The number of ether oxygens (including phenoxy) is 2. The molecule has 154 valence electrons. The van der Waals surface area contributed by atoms with E-state index in [1.54, 1.807) is 0 Å². The van der Waals surface area contributed by atoms with Gasteiger partial charge < -0.3 is 15.2 Å². The van der Waals surface area contributed by atoms with Crippen LogP contribution in [0.25, 0.3) is 0 Å². The Kier molecular flexibility index (Phi) is 4.77. The van der Waals surface area contributed by atoms with Crippen LogP contribution in [0.3, 0.4) is 0 Å². The maximum Gasteiger partial charge on any atom is 0.231 e. The minimum atomic E-state index is -3.26. The van der Waals surface area contributed by atoms with Crippen molar-refractivity contribution >= 4 is 10.0 Å². The van der Waals surface area contributed by atoms with E-state index in [4.69, 9.17) is 15.2 Å². The molecule has 28 heavy (non-hydrogen) atoms. The summed E-state index contributed by atoms with van der Waals surface area (Å²) in [4.78, 5) is 2.54. The van der Waals surface area contributed by atoms with E-state index in [0.29, 0.717) is 25.4 Å². The van der Waals surface area contributed by atoms with E-state index in [0.717, 1.165) is 50.3 Å². The SMILES string of the molecule is NCCCS(=O)(=O)N1CCC[C@@H]2CN3CCc4ccc5c(c4[C@@H]3C[C@@H]21)OCO5. The molecule has 4 heterocycles. The molecule has 2 saturated heterocycles. The molecule has 0 radical (unpaired) electrons. The van der Waals surface area contributed by atoms with Gasteiger partial charge in [-0.15, -0.1) is 0 Å². The monoisotopic (exact) mass is 407 g/mol. The van der Waals surface area contributed by atoms with E-state index < -0.39 is 10.0 Å².